The fourth-order valence-electron chi connectivity index (χ4n) is 5.48. The van der Waals surface area contributed by atoms with Gasteiger partial charge in [-0.05, 0) is 0 Å². The van der Waals surface area contributed by atoms with Gasteiger partial charge in [-0.25, -0.2) is 0 Å². The van der Waals surface area contributed by atoms with Gasteiger partial charge in [0.15, 0.2) is 0 Å². The van der Waals surface area contributed by atoms with Crippen molar-refractivity contribution in [3.05, 3.63) is 0 Å². The van der Waals surface area contributed by atoms with Crippen molar-refractivity contribution in [3.8, 4) is 0 Å². The molecule has 2 heteroatoms. The first-order valence-electron chi connectivity index (χ1n) is 9.48. The van der Waals surface area contributed by atoms with Gasteiger partial charge in [-0.3, -0.25) is 0 Å². The average Bonchev–Trinajstić information content (AvgIpc) is 2.56. The molecular formula is C18H33BP. The molecule has 3 aliphatic rings. The summed E-state index contributed by atoms with van der Waals surface area (Å²) in [6.07, 6.45) is 22.2. The van der Waals surface area contributed by atoms with Crippen LogP contribution in [0.3, 0.4) is 0 Å². The predicted molar refractivity (Wildman–Crippen MR) is 93.3 cm³/mol. The SMILES string of the molecule is [B]=P(C1CCCCC1)(C1CCCCC1)C1CCCCC1. The van der Waals surface area contributed by atoms with Gasteiger partial charge >= 0.3 is 127 Å². The predicted octanol–water partition coefficient (Wildman–Crippen LogP) is 6.09. The Kier molecular flexibility index (Phi) is 5.52. The van der Waals surface area contributed by atoms with Crippen molar-refractivity contribution < 1.29 is 0 Å². The summed E-state index contributed by atoms with van der Waals surface area (Å²) < 4.78 is 0. The van der Waals surface area contributed by atoms with Crippen molar-refractivity contribution in [3.63, 3.8) is 0 Å². The van der Waals surface area contributed by atoms with Crippen molar-refractivity contribution in [2.75, 3.05) is 0 Å². The average molecular weight is 291 g/mol. The molecule has 0 aromatic carbocycles. The summed E-state index contributed by atoms with van der Waals surface area (Å²) in [5, 5.41) is 0. The molecule has 0 atom stereocenters. The van der Waals surface area contributed by atoms with Crippen molar-refractivity contribution in [2.24, 2.45) is 0 Å². The van der Waals surface area contributed by atoms with Gasteiger partial charge in [-0.2, -0.15) is 0 Å². The Morgan fingerprint density at radius 2 is 0.700 bits per heavy atom. The van der Waals surface area contributed by atoms with E-state index in [1.807, 2.05) is 0 Å². The zero-order valence-corrected chi connectivity index (χ0v) is 14.3. The Bertz CT molecular complexity index is 281. The summed E-state index contributed by atoms with van der Waals surface area (Å²) in [5.41, 5.74) is 2.88. The quantitative estimate of drug-likeness (QED) is 0.436. The Morgan fingerprint density at radius 1 is 0.450 bits per heavy atom. The van der Waals surface area contributed by atoms with Crippen LogP contribution >= 0.6 is 6.75 Å². The van der Waals surface area contributed by atoms with Crippen molar-refractivity contribution in [1.29, 1.82) is 0 Å². The van der Waals surface area contributed by atoms with Crippen molar-refractivity contribution in [2.45, 2.75) is 113 Å². The number of hydrogen-bond acceptors (Lipinski definition) is 0. The Hall–Kier alpha value is 0.495. The molecule has 0 bridgehead atoms. The molecule has 3 saturated carbocycles. The normalized spacial score (nSPS) is 28.6. The van der Waals surface area contributed by atoms with E-state index in [2.05, 4.69) is 0 Å². The maximum atomic E-state index is 7.43. The molecule has 3 rings (SSSR count). The van der Waals surface area contributed by atoms with Gasteiger partial charge in [-0.15, -0.1) is 0 Å². The van der Waals surface area contributed by atoms with Crippen LogP contribution in [0.15, 0.2) is 0 Å². The fraction of sp³-hybridized carbons (Fsp3) is 1.00. The van der Waals surface area contributed by atoms with E-state index in [1.54, 1.807) is 0 Å². The molecular weight excluding hydrogens is 258 g/mol. The monoisotopic (exact) mass is 291 g/mol. The molecule has 3 aliphatic carbocycles. The first-order chi connectivity index (χ1) is 9.82. The minimum absolute atomic E-state index is 0.961. The summed E-state index contributed by atoms with van der Waals surface area (Å²) in [4.78, 5) is 0. The molecule has 0 N–H and O–H groups in total. The van der Waals surface area contributed by atoms with Gasteiger partial charge in [0.25, 0.3) is 0 Å². The van der Waals surface area contributed by atoms with Crippen LogP contribution in [0.2, 0.25) is 0 Å². The molecule has 0 saturated heterocycles. The van der Waals surface area contributed by atoms with E-state index in [0.717, 1.165) is 17.0 Å². The fourth-order valence-corrected chi connectivity index (χ4v) is 11.0. The van der Waals surface area contributed by atoms with Crippen LogP contribution in [-0.2, 0) is 0 Å². The van der Waals surface area contributed by atoms with Crippen LogP contribution in [-0.4, -0.2) is 24.2 Å². The third-order valence-corrected chi connectivity index (χ3v) is 12.0. The van der Waals surface area contributed by atoms with Crippen LogP contribution < -0.4 is 0 Å². The molecule has 0 aliphatic heterocycles. The molecule has 0 amide bonds. The van der Waals surface area contributed by atoms with Gasteiger partial charge in [0.2, 0.25) is 0 Å². The summed E-state index contributed by atoms with van der Waals surface area (Å²) in [6.45, 7) is -1.20. The van der Waals surface area contributed by atoms with E-state index in [-0.39, 0.29) is 0 Å². The molecule has 0 heterocycles. The van der Waals surface area contributed by atoms with Crippen molar-refractivity contribution >= 4 is 13.9 Å². The maximum absolute atomic E-state index is 7.43. The van der Waals surface area contributed by atoms with Gasteiger partial charge < -0.3 is 0 Å². The van der Waals surface area contributed by atoms with Crippen LogP contribution in [0.4, 0.5) is 0 Å². The zero-order chi connectivity index (χ0) is 13.8. The van der Waals surface area contributed by atoms with E-state index in [4.69, 9.17) is 7.18 Å². The molecule has 0 nitrogen and oxygen atoms in total. The Morgan fingerprint density at radius 3 is 0.950 bits per heavy atom. The molecule has 1 radical (unpaired) electrons. The summed E-state index contributed by atoms with van der Waals surface area (Å²) in [7, 11) is 7.43. The van der Waals surface area contributed by atoms with Gasteiger partial charge in [-0.1, -0.05) is 0 Å². The summed E-state index contributed by atoms with van der Waals surface area (Å²) in [5.74, 6) is 0. The van der Waals surface area contributed by atoms with Crippen LogP contribution in [0.5, 0.6) is 0 Å². The van der Waals surface area contributed by atoms with Crippen LogP contribution in [0.25, 0.3) is 0 Å². The molecule has 113 valence electrons. The summed E-state index contributed by atoms with van der Waals surface area (Å²) in [6, 6.07) is 0. The molecule has 0 aromatic heterocycles. The Balaban J connectivity index is 1.81. The van der Waals surface area contributed by atoms with Gasteiger partial charge in [0.05, 0.1) is 0 Å². The Labute approximate surface area is 127 Å². The molecule has 0 unspecified atom stereocenters. The minimum atomic E-state index is -1.20. The molecule has 0 spiro atoms. The second-order valence-electron chi connectivity index (χ2n) is 7.77. The third-order valence-electron chi connectivity index (χ3n) is 6.62. The van der Waals surface area contributed by atoms with E-state index < -0.39 is 6.75 Å². The van der Waals surface area contributed by atoms with E-state index in [1.165, 1.54) is 96.3 Å². The van der Waals surface area contributed by atoms with E-state index in [0.29, 0.717) is 0 Å². The summed E-state index contributed by atoms with van der Waals surface area (Å²) >= 11 is 0. The van der Waals surface area contributed by atoms with Crippen LogP contribution in [0.1, 0.15) is 96.3 Å². The first kappa shape index (κ1) is 15.4. The first-order valence-corrected chi connectivity index (χ1v) is 11.5. The number of rotatable bonds is 3. The topological polar surface area (TPSA) is 0 Å². The number of hydrogen-bond donors (Lipinski definition) is 0. The zero-order valence-electron chi connectivity index (χ0n) is 13.4. The molecule has 20 heavy (non-hydrogen) atoms. The standard InChI is InChI=1S/C18H33BP/c19-20(16-10-4-1-5-11-16,17-12-6-2-7-13-17)18-14-8-3-9-15-18/h16-18H,1-15H2. The van der Waals surface area contributed by atoms with Gasteiger partial charge in [0, 0.05) is 0 Å². The van der Waals surface area contributed by atoms with E-state index in [9.17, 15) is 0 Å². The third kappa shape index (κ3) is 3.13. The van der Waals surface area contributed by atoms with Crippen molar-refractivity contribution in [1.82, 2.24) is 0 Å². The van der Waals surface area contributed by atoms with Crippen LogP contribution in [0, 0.1) is 0 Å². The second kappa shape index (κ2) is 7.17. The van der Waals surface area contributed by atoms with E-state index >= 15 is 0 Å². The molecule has 0 aromatic rings. The second-order valence-corrected chi connectivity index (χ2v) is 11.7. The molecule has 3 fully saturated rings. The van der Waals surface area contributed by atoms with Gasteiger partial charge in [0.1, 0.15) is 0 Å².